The second kappa shape index (κ2) is 9.99. The van der Waals surface area contributed by atoms with Gasteiger partial charge in [0.15, 0.2) is 0 Å². The van der Waals surface area contributed by atoms with E-state index in [1.165, 1.54) is 42.5 Å². The Bertz CT molecular complexity index is 1390. The number of carbonyl (C=O) groups is 2. The first-order chi connectivity index (χ1) is 16.4. The van der Waals surface area contributed by atoms with Crippen molar-refractivity contribution in [3.05, 3.63) is 100 Å². The summed E-state index contributed by atoms with van der Waals surface area (Å²) in [6.07, 6.45) is 1.88. The van der Waals surface area contributed by atoms with E-state index in [0.717, 1.165) is 24.8 Å². The zero-order valence-corrected chi connectivity index (χ0v) is 18.1. The molecule has 0 aliphatic carbocycles. The Morgan fingerprint density at radius 1 is 0.882 bits per heavy atom. The van der Waals surface area contributed by atoms with Crippen LogP contribution in [0.2, 0.25) is 0 Å². The third-order valence-electron chi connectivity index (χ3n) is 4.76. The van der Waals surface area contributed by atoms with Crippen LogP contribution in [0.1, 0.15) is 34.1 Å². The Balaban J connectivity index is 1.49. The van der Waals surface area contributed by atoms with E-state index in [9.17, 15) is 18.8 Å². The van der Waals surface area contributed by atoms with Crippen molar-refractivity contribution in [3.8, 4) is 17.2 Å². The van der Waals surface area contributed by atoms with Crippen molar-refractivity contribution in [2.24, 2.45) is 0 Å². The molecule has 0 saturated carbocycles. The minimum atomic E-state index is -0.677. The molecule has 34 heavy (non-hydrogen) atoms. The van der Waals surface area contributed by atoms with Crippen molar-refractivity contribution < 1.29 is 32.6 Å². The molecule has 3 aromatic carbocycles. The summed E-state index contributed by atoms with van der Waals surface area (Å²) >= 11 is 0. The molecule has 0 amide bonds. The fraction of sp³-hybridized carbons (Fsp3) is 0.115. The van der Waals surface area contributed by atoms with Crippen LogP contribution in [0.25, 0.3) is 11.0 Å². The van der Waals surface area contributed by atoms with Crippen LogP contribution < -0.4 is 14.9 Å². The van der Waals surface area contributed by atoms with Crippen LogP contribution in [0.15, 0.2) is 82.2 Å². The summed E-state index contributed by atoms with van der Waals surface area (Å²) < 4.78 is 34.5. The SMILES string of the molecule is CCCOC(=O)c1ccc(Oc2coc3cc(OC(=O)c4ccc(F)cc4)ccc3c2=O)cc1. The van der Waals surface area contributed by atoms with Crippen LogP contribution >= 0.6 is 0 Å². The molecule has 0 fully saturated rings. The van der Waals surface area contributed by atoms with Crippen molar-refractivity contribution >= 4 is 22.9 Å². The predicted molar refractivity (Wildman–Crippen MR) is 121 cm³/mol. The second-order valence-electron chi connectivity index (χ2n) is 7.25. The fourth-order valence-corrected chi connectivity index (χ4v) is 3.04. The number of hydrogen-bond acceptors (Lipinski definition) is 7. The van der Waals surface area contributed by atoms with Gasteiger partial charge >= 0.3 is 11.9 Å². The highest BCUT2D eigenvalue weighted by atomic mass is 19.1. The molecular weight excluding hydrogens is 443 g/mol. The Kier molecular flexibility index (Phi) is 6.68. The monoisotopic (exact) mass is 462 g/mol. The van der Waals surface area contributed by atoms with Gasteiger partial charge in [0.2, 0.25) is 11.2 Å². The van der Waals surface area contributed by atoms with Crippen molar-refractivity contribution in [3.63, 3.8) is 0 Å². The first kappa shape index (κ1) is 22.7. The molecule has 0 saturated heterocycles. The second-order valence-corrected chi connectivity index (χ2v) is 7.25. The lowest BCUT2D eigenvalue weighted by atomic mass is 10.2. The summed E-state index contributed by atoms with van der Waals surface area (Å²) in [5.74, 6) is -1.14. The van der Waals surface area contributed by atoms with Crippen molar-refractivity contribution in [2.75, 3.05) is 6.61 Å². The summed E-state index contributed by atoms with van der Waals surface area (Å²) in [5.41, 5.74) is 0.310. The Labute approximate surface area is 193 Å². The molecule has 8 heteroatoms. The molecule has 1 aromatic heterocycles. The average molecular weight is 462 g/mol. The van der Waals surface area contributed by atoms with E-state index in [4.69, 9.17) is 18.6 Å². The minimum absolute atomic E-state index is 0.0510. The molecule has 172 valence electrons. The first-order valence-electron chi connectivity index (χ1n) is 10.4. The number of esters is 2. The van der Waals surface area contributed by atoms with Gasteiger partial charge in [0.25, 0.3) is 0 Å². The maximum atomic E-state index is 13.0. The molecule has 4 aromatic rings. The standard InChI is InChI=1S/C26H19FO7/c1-2-13-31-25(29)16-5-9-19(10-6-16)33-23-15-32-22-14-20(11-12-21(22)24(23)28)34-26(30)17-3-7-18(27)8-4-17/h3-12,14-15H,2,13H2,1H3. The summed E-state index contributed by atoms with van der Waals surface area (Å²) in [7, 11) is 0. The number of carbonyl (C=O) groups excluding carboxylic acids is 2. The van der Waals surface area contributed by atoms with E-state index >= 15 is 0 Å². The smallest absolute Gasteiger partial charge is 0.343 e. The Hall–Kier alpha value is -4.46. The van der Waals surface area contributed by atoms with Crippen LogP contribution in [0.4, 0.5) is 4.39 Å². The number of ether oxygens (including phenoxy) is 3. The first-order valence-corrected chi connectivity index (χ1v) is 10.4. The summed E-state index contributed by atoms with van der Waals surface area (Å²) in [6.45, 7) is 2.24. The minimum Gasteiger partial charge on any atom is -0.462 e. The number of halogens is 1. The summed E-state index contributed by atoms with van der Waals surface area (Å²) in [6, 6.07) is 15.4. The Morgan fingerprint density at radius 3 is 2.24 bits per heavy atom. The van der Waals surface area contributed by atoms with Crippen LogP contribution in [0.3, 0.4) is 0 Å². The summed E-state index contributed by atoms with van der Waals surface area (Å²) in [5, 5.41) is 0.221. The summed E-state index contributed by atoms with van der Waals surface area (Å²) in [4.78, 5) is 36.9. The highest BCUT2D eigenvalue weighted by Crippen LogP contribution is 2.25. The molecule has 0 radical (unpaired) electrons. The van der Waals surface area contributed by atoms with Crippen molar-refractivity contribution in [1.82, 2.24) is 0 Å². The van der Waals surface area contributed by atoms with E-state index < -0.39 is 23.2 Å². The molecule has 0 N–H and O–H groups in total. The number of benzene rings is 3. The third-order valence-corrected chi connectivity index (χ3v) is 4.76. The number of rotatable bonds is 7. The lowest BCUT2D eigenvalue weighted by Gasteiger charge is -2.08. The van der Waals surface area contributed by atoms with Gasteiger partial charge < -0.3 is 18.6 Å². The maximum absolute atomic E-state index is 13.0. The van der Waals surface area contributed by atoms with E-state index in [-0.39, 0.29) is 28.0 Å². The maximum Gasteiger partial charge on any atom is 0.343 e. The molecule has 0 unspecified atom stereocenters. The van der Waals surface area contributed by atoms with Gasteiger partial charge in [-0.2, -0.15) is 0 Å². The highest BCUT2D eigenvalue weighted by Gasteiger charge is 2.14. The molecule has 0 aliphatic heterocycles. The van der Waals surface area contributed by atoms with Crippen LogP contribution in [-0.2, 0) is 4.74 Å². The molecule has 0 atom stereocenters. The van der Waals surface area contributed by atoms with Gasteiger partial charge in [0, 0.05) is 6.07 Å². The van der Waals surface area contributed by atoms with Crippen LogP contribution in [0.5, 0.6) is 17.2 Å². The van der Waals surface area contributed by atoms with Gasteiger partial charge in [-0.3, -0.25) is 4.79 Å². The zero-order chi connectivity index (χ0) is 24.1. The Morgan fingerprint density at radius 2 is 1.53 bits per heavy atom. The lowest BCUT2D eigenvalue weighted by Crippen LogP contribution is -2.09. The lowest BCUT2D eigenvalue weighted by molar-refractivity contribution is 0.0504. The van der Waals surface area contributed by atoms with E-state index in [1.807, 2.05) is 6.92 Å². The van der Waals surface area contributed by atoms with E-state index in [2.05, 4.69) is 0 Å². The average Bonchev–Trinajstić information content (AvgIpc) is 2.85. The van der Waals surface area contributed by atoms with E-state index in [0.29, 0.717) is 17.9 Å². The normalized spacial score (nSPS) is 10.6. The van der Waals surface area contributed by atoms with Gasteiger partial charge in [0.1, 0.15) is 29.2 Å². The highest BCUT2D eigenvalue weighted by molar-refractivity contribution is 5.91. The van der Waals surface area contributed by atoms with E-state index in [1.54, 1.807) is 12.1 Å². The van der Waals surface area contributed by atoms with Crippen molar-refractivity contribution in [2.45, 2.75) is 13.3 Å². The molecule has 4 rings (SSSR count). The fourth-order valence-electron chi connectivity index (χ4n) is 3.04. The van der Waals surface area contributed by atoms with Gasteiger partial charge in [0.05, 0.1) is 23.1 Å². The molecule has 0 bridgehead atoms. The molecule has 1 heterocycles. The molecule has 0 spiro atoms. The molecular formula is C26H19FO7. The van der Waals surface area contributed by atoms with Gasteiger partial charge in [-0.15, -0.1) is 0 Å². The zero-order valence-electron chi connectivity index (χ0n) is 18.1. The predicted octanol–water partition coefficient (Wildman–Crippen LogP) is 5.51. The van der Waals surface area contributed by atoms with Crippen LogP contribution in [0, 0.1) is 5.82 Å². The van der Waals surface area contributed by atoms with Gasteiger partial charge in [-0.25, -0.2) is 14.0 Å². The van der Waals surface area contributed by atoms with Gasteiger partial charge in [-0.05, 0) is 67.1 Å². The largest absolute Gasteiger partial charge is 0.462 e. The number of hydrogen-bond donors (Lipinski definition) is 0. The van der Waals surface area contributed by atoms with Crippen LogP contribution in [-0.4, -0.2) is 18.5 Å². The van der Waals surface area contributed by atoms with Crippen molar-refractivity contribution in [1.29, 1.82) is 0 Å². The molecule has 0 aliphatic rings. The third kappa shape index (κ3) is 5.12. The quantitative estimate of drug-likeness (QED) is 0.264. The topological polar surface area (TPSA) is 92.0 Å². The number of fused-ring (bicyclic) bond motifs is 1. The van der Waals surface area contributed by atoms with Gasteiger partial charge in [-0.1, -0.05) is 6.92 Å². The molecule has 7 nitrogen and oxygen atoms in total.